The van der Waals surface area contributed by atoms with E-state index >= 15 is 0 Å². The summed E-state index contributed by atoms with van der Waals surface area (Å²) in [7, 11) is 1.64. The number of rotatable bonds is 4. The summed E-state index contributed by atoms with van der Waals surface area (Å²) in [5.41, 5.74) is 6.90. The molecule has 0 atom stereocenters. The summed E-state index contributed by atoms with van der Waals surface area (Å²) >= 11 is 0. The zero-order valence-corrected chi connectivity index (χ0v) is 11.8. The van der Waals surface area contributed by atoms with Crippen LogP contribution in [0.2, 0.25) is 0 Å². The molecule has 0 aromatic heterocycles. The lowest BCUT2D eigenvalue weighted by Crippen LogP contribution is -2.46. The molecule has 4 nitrogen and oxygen atoms in total. The van der Waals surface area contributed by atoms with E-state index in [2.05, 4.69) is 37.6 Å². The molecule has 0 amide bonds. The van der Waals surface area contributed by atoms with E-state index in [4.69, 9.17) is 10.5 Å². The number of ether oxygens (including phenoxy) is 1. The van der Waals surface area contributed by atoms with Gasteiger partial charge in [-0.25, -0.2) is 4.99 Å². The summed E-state index contributed by atoms with van der Waals surface area (Å²) < 4.78 is 5.11. The van der Waals surface area contributed by atoms with Crippen LogP contribution in [0, 0.1) is 0 Å². The third kappa shape index (κ3) is 3.65. The molecule has 0 fully saturated rings. The highest BCUT2D eigenvalue weighted by Gasteiger charge is 2.15. The molecule has 0 saturated carbocycles. The van der Waals surface area contributed by atoms with Crippen molar-refractivity contribution >= 4 is 11.6 Å². The fourth-order valence-electron chi connectivity index (χ4n) is 1.97. The van der Waals surface area contributed by atoms with Crippen LogP contribution in [0.15, 0.2) is 29.3 Å². The molecule has 0 aliphatic heterocycles. The molecule has 0 aliphatic rings. The van der Waals surface area contributed by atoms with Crippen molar-refractivity contribution in [3.8, 4) is 5.75 Å². The maximum atomic E-state index is 6.07. The van der Waals surface area contributed by atoms with Crippen molar-refractivity contribution in [2.24, 2.45) is 10.7 Å². The molecule has 2 N–H and O–H groups in total. The summed E-state index contributed by atoms with van der Waals surface area (Å²) in [5, 5.41) is 0. The Kier molecular flexibility index (Phi) is 5.01. The normalized spacial score (nSPS) is 12.1. The number of hydrogen-bond donors (Lipinski definition) is 1. The number of hydrogen-bond acceptors (Lipinski definition) is 2. The Morgan fingerprint density at radius 1 is 1.11 bits per heavy atom. The maximum Gasteiger partial charge on any atom is 0.196 e. The first-order valence-electron chi connectivity index (χ1n) is 6.22. The second-order valence-corrected chi connectivity index (χ2v) is 4.76. The topological polar surface area (TPSA) is 50.9 Å². The molecule has 4 heteroatoms. The van der Waals surface area contributed by atoms with Gasteiger partial charge in [0.05, 0.1) is 12.8 Å². The minimum atomic E-state index is 0.326. The number of methoxy groups -OCH3 is 1. The first kappa shape index (κ1) is 14.4. The highest BCUT2D eigenvalue weighted by molar-refractivity contribution is 5.81. The van der Waals surface area contributed by atoms with Gasteiger partial charge in [-0.2, -0.15) is 0 Å². The Morgan fingerprint density at radius 2 is 1.61 bits per heavy atom. The fourth-order valence-corrected chi connectivity index (χ4v) is 1.97. The van der Waals surface area contributed by atoms with Gasteiger partial charge in [0.1, 0.15) is 5.75 Å². The smallest absolute Gasteiger partial charge is 0.196 e. The quantitative estimate of drug-likeness (QED) is 0.659. The van der Waals surface area contributed by atoms with E-state index in [-0.39, 0.29) is 0 Å². The zero-order valence-electron chi connectivity index (χ0n) is 11.8. The van der Waals surface area contributed by atoms with Crippen LogP contribution in [0.4, 0.5) is 5.69 Å². The highest BCUT2D eigenvalue weighted by atomic mass is 16.5. The van der Waals surface area contributed by atoms with Gasteiger partial charge < -0.3 is 15.4 Å². The zero-order chi connectivity index (χ0) is 13.7. The fraction of sp³-hybridized carbons (Fsp3) is 0.500. The lowest BCUT2D eigenvalue weighted by atomic mass is 10.2. The minimum Gasteiger partial charge on any atom is -0.497 e. The summed E-state index contributed by atoms with van der Waals surface area (Å²) in [5.74, 6) is 1.36. The van der Waals surface area contributed by atoms with Crippen LogP contribution in [0.3, 0.4) is 0 Å². The van der Waals surface area contributed by atoms with Crippen LogP contribution in [0.5, 0.6) is 5.75 Å². The molecule has 0 aliphatic carbocycles. The van der Waals surface area contributed by atoms with E-state index in [0.717, 1.165) is 11.4 Å². The van der Waals surface area contributed by atoms with Crippen molar-refractivity contribution in [2.45, 2.75) is 39.8 Å². The standard InChI is InChI=1S/C14H23N3O/c1-10(2)17(11(3)4)14(15)16-12-6-8-13(18-5)9-7-12/h6-11H,1-5H3,(H2,15,16). The van der Waals surface area contributed by atoms with Crippen LogP contribution >= 0.6 is 0 Å². The van der Waals surface area contributed by atoms with E-state index in [9.17, 15) is 0 Å². The average Bonchev–Trinajstić information content (AvgIpc) is 2.28. The van der Waals surface area contributed by atoms with Gasteiger partial charge >= 0.3 is 0 Å². The molecule has 0 unspecified atom stereocenters. The number of nitrogens with zero attached hydrogens (tertiary/aromatic N) is 2. The third-order valence-corrected chi connectivity index (χ3v) is 2.69. The highest BCUT2D eigenvalue weighted by Crippen LogP contribution is 2.18. The second kappa shape index (κ2) is 6.28. The van der Waals surface area contributed by atoms with E-state index in [1.807, 2.05) is 24.3 Å². The Bertz CT molecular complexity index is 388. The van der Waals surface area contributed by atoms with E-state index in [0.29, 0.717) is 18.0 Å². The van der Waals surface area contributed by atoms with Crippen molar-refractivity contribution in [3.63, 3.8) is 0 Å². The van der Waals surface area contributed by atoms with Crippen LogP contribution in [0.1, 0.15) is 27.7 Å². The summed E-state index contributed by atoms with van der Waals surface area (Å²) in [6.07, 6.45) is 0. The van der Waals surface area contributed by atoms with Gasteiger partial charge in [-0.1, -0.05) is 0 Å². The summed E-state index contributed by atoms with van der Waals surface area (Å²) in [4.78, 5) is 6.53. The number of aliphatic imine (C=N–C) groups is 1. The molecule has 0 saturated heterocycles. The van der Waals surface area contributed by atoms with Gasteiger partial charge in [0.25, 0.3) is 0 Å². The molecule has 100 valence electrons. The maximum absolute atomic E-state index is 6.07. The molecule has 0 bridgehead atoms. The molecule has 1 rings (SSSR count). The summed E-state index contributed by atoms with van der Waals surface area (Å²) in [6, 6.07) is 8.19. The first-order chi connectivity index (χ1) is 8.45. The van der Waals surface area contributed by atoms with Gasteiger partial charge in [0.2, 0.25) is 0 Å². The lowest BCUT2D eigenvalue weighted by molar-refractivity contribution is 0.289. The van der Waals surface area contributed by atoms with Crippen LogP contribution < -0.4 is 10.5 Å². The number of benzene rings is 1. The summed E-state index contributed by atoms with van der Waals surface area (Å²) in [6.45, 7) is 8.43. The number of guanidine groups is 1. The Hall–Kier alpha value is -1.71. The predicted octanol–water partition coefficient (Wildman–Crippen LogP) is 2.76. The van der Waals surface area contributed by atoms with Crippen molar-refractivity contribution in [1.82, 2.24) is 4.90 Å². The molecule has 0 heterocycles. The third-order valence-electron chi connectivity index (χ3n) is 2.69. The van der Waals surface area contributed by atoms with Gasteiger partial charge in [0.15, 0.2) is 5.96 Å². The molecule has 1 aromatic rings. The van der Waals surface area contributed by atoms with Gasteiger partial charge in [0, 0.05) is 12.1 Å². The lowest BCUT2D eigenvalue weighted by Gasteiger charge is -2.31. The van der Waals surface area contributed by atoms with Crippen LogP contribution in [-0.4, -0.2) is 30.1 Å². The molecule has 0 radical (unpaired) electrons. The van der Waals surface area contributed by atoms with Crippen molar-refractivity contribution in [3.05, 3.63) is 24.3 Å². The molecular weight excluding hydrogens is 226 g/mol. The number of nitrogens with two attached hydrogens (primary N) is 1. The van der Waals surface area contributed by atoms with Crippen LogP contribution in [-0.2, 0) is 0 Å². The molecule has 18 heavy (non-hydrogen) atoms. The Balaban J connectivity index is 2.92. The Labute approximate surface area is 109 Å². The molecule has 0 spiro atoms. The molecular formula is C14H23N3O. The van der Waals surface area contributed by atoms with Gasteiger partial charge in [-0.3, -0.25) is 0 Å². The SMILES string of the molecule is COc1ccc(N=C(N)N(C(C)C)C(C)C)cc1. The largest absolute Gasteiger partial charge is 0.497 e. The second-order valence-electron chi connectivity index (χ2n) is 4.76. The minimum absolute atomic E-state index is 0.326. The van der Waals surface area contributed by atoms with Crippen LogP contribution in [0.25, 0.3) is 0 Å². The predicted molar refractivity (Wildman–Crippen MR) is 76.4 cm³/mol. The van der Waals surface area contributed by atoms with Crippen molar-refractivity contribution in [2.75, 3.05) is 7.11 Å². The van der Waals surface area contributed by atoms with E-state index in [1.54, 1.807) is 7.11 Å². The average molecular weight is 249 g/mol. The van der Waals surface area contributed by atoms with Crippen molar-refractivity contribution in [1.29, 1.82) is 0 Å². The van der Waals surface area contributed by atoms with Gasteiger partial charge in [-0.15, -0.1) is 0 Å². The first-order valence-corrected chi connectivity index (χ1v) is 6.22. The molecule has 1 aromatic carbocycles. The Morgan fingerprint density at radius 3 is 2.00 bits per heavy atom. The van der Waals surface area contributed by atoms with E-state index < -0.39 is 0 Å². The van der Waals surface area contributed by atoms with Crippen molar-refractivity contribution < 1.29 is 4.74 Å². The van der Waals surface area contributed by atoms with E-state index in [1.165, 1.54) is 0 Å². The van der Waals surface area contributed by atoms with Gasteiger partial charge in [-0.05, 0) is 52.0 Å². The monoisotopic (exact) mass is 249 g/mol.